The highest BCUT2D eigenvalue weighted by Crippen LogP contribution is 2.01. The smallest absolute Gasteiger partial charge is 0.356 e. The summed E-state index contributed by atoms with van der Waals surface area (Å²) in [6, 6.07) is 1.45. The zero-order chi connectivity index (χ0) is 9.84. The molecule has 5 heteroatoms. The predicted molar refractivity (Wildman–Crippen MR) is 48.8 cm³/mol. The van der Waals surface area contributed by atoms with Crippen molar-refractivity contribution in [1.29, 1.82) is 0 Å². The number of allylic oxidation sites excluding steroid dienone is 1. The van der Waals surface area contributed by atoms with E-state index in [9.17, 15) is 4.79 Å². The highest BCUT2D eigenvalue weighted by atomic mass is 35.5. The second-order valence-electron chi connectivity index (χ2n) is 2.66. The van der Waals surface area contributed by atoms with E-state index < -0.39 is 5.97 Å². The summed E-state index contributed by atoms with van der Waals surface area (Å²) in [4.78, 5) is 10.5. The first-order valence-corrected chi connectivity index (χ1v) is 4.09. The molecule has 1 aromatic heterocycles. The SMILES string of the molecule is C/C(=C/Cl)Cn1ccc(C(=O)O)n1. The summed E-state index contributed by atoms with van der Waals surface area (Å²) >= 11 is 5.45. The van der Waals surface area contributed by atoms with Crippen LogP contribution in [0.25, 0.3) is 0 Å². The van der Waals surface area contributed by atoms with E-state index in [1.807, 2.05) is 6.92 Å². The number of carboxylic acids is 1. The van der Waals surface area contributed by atoms with Gasteiger partial charge in [-0.1, -0.05) is 11.6 Å². The Morgan fingerprint density at radius 1 is 1.85 bits per heavy atom. The lowest BCUT2D eigenvalue weighted by Crippen LogP contribution is -2.03. The van der Waals surface area contributed by atoms with E-state index in [-0.39, 0.29) is 5.69 Å². The number of carbonyl (C=O) groups is 1. The van der Waals surface area contributed by atoms with Crippen LogP contribution >= 0.6 is 11.6 Å². The number of carboxylic acid groups (broad SMARTS) is 1. The molecule has 4 nitrogen and oxygen atoms in total. The average molecular weight is 201 g/mol. The molecule has 0 bridgehead atoms. The third-order valence-corrected chi connectivity index (χ3v) is 1.83. The zero-order valence-corrected chi connectivity index (χ0v) is 7.82. The zero-order valence-electron chi connectivity index (χ0n) is 7.07. The molecule has 70 valence electrons. The topological polar surface area (TPSA) is 55.1 Å². The van der Waals surface area contributed by atoms with Crippen molar-refractivity contribution in [3.8, 4) is 0 Å². The van der Waals surface area contributed by atoms with Crippen LogP contribution < -0.4 is 0 Å². The molecule has 0 saturated carbocycles. The predicted octanol–water partition coefficient (Wildman–Crippen LogP) is 1.72. The van der Waals surface area contributed by atoms with Crippen molar-refractivity contribution in [3.63, 3.8) is 0 Å². The molecule has 0 radical (unpaired) electrons. The van der Waals surface area contributed by atoms with Crippen LogP contribution in [0.15, 0.2) is 23.4 Å². The molecular weight excluding hydrogens is 192 g/mol. The van der Waals surface area contributed by atoms with E-state index in [4.69, 9.17) is 16.7 Å². The molecule has 0 unspecified atom stereocenters. The molecule has 0 atom stereocenters. The van der Waals surface area contributed by atoms with Crippen molar-refractivity contribution in [3.05, 3.63) is 29.1 Å². The number of halogens is 1. The minimum atomic E-state index is -1.02. The fourth-order valence-electron chi connectivity index (χ4n) is 0.854. The normalized spacial score (nSPS) is 11.7. The van der Waals surface area contributed by atoms with Gasteiger partial charge in [0.25, 0.3) is 0 Å². The first-order valence-electron chi connectivity index (χ1n) is 3.66. The van der Waals surface area contributed by atoms with Crippen LogP contribution in [0.4, 0.5) is 0 Å². The van der Waals surface area contributed by atoms with E-state index >= 15 is 0 Å². The molecule has 1 rings (SSSR count). The summed E-state index contributed by atoms with van der Waals surface area (Å²) in [5, 5.41) is 12.4. The Bertz CT molecular complexity index is 344. The molecule has 0 saturated heterocycles. The van der Waals surface area contributed by atoms with E-state index in [1.165, 1.54) is 16.3 Å². The maximum absolute atomic E-state index is 10.5. The van der Waals surface area contributed by atoms with Gasteiger partial charge in [-0.3, -0.25) is 4.68 Å². The van der Waals surface area contributed by atoms with Gasteiger partial charge in [0.15, 0.2) is 5.69 Å². The van der Waals surface area contributed by atoms with Crippen molar-refractivity contribution >= 4 is 17.6 Å². The summed E-state index contributed by atoms with van der Waals surface area (Å²) in [5.74, 6) is -1.02. The second kappa shape index (κ2) is 4.09. The Morgan fingerprint density at radius 2 is 2.54 bits per heavy atom. The fraction of sp³-hybridized carbons (Fsp3) is 0.250. The van der Waals surface area contributed by atoms with Crippen molar-refractivity contribution in [2.45, 2.75) is 13.5 Å². The summed E-state index contributed by atoms with van der Waals surface area (Å²) in [7, 11) is 0. The Balaban J connectivity index is 2.75. The van der Waals surface area contributed by atoms with Crippen molar-refractivity contribution in [2.75, 3.05) is 0 Å². The van der Waals surface area contributed by atoms with Gasteiger partial charge in [0, 0.05) is 11.7 Å². The molecule has 1 heterocycles. The lowest BCUT2D eigenvalue weighted by Gasteiger charge is -1.98. The quantitative estimate of drug-likeness (QED) is 0.809. The first kappa shape index (κ1) is 9.80. The maximum atomic E-state index is 10.5. The molecule has 1 N–H and O–H groups in total. The van der Waals surface area contributed by atoms with Crippen LogP contribution in [-0.2, 0) is 6.54 Å². The standard InChI is InChI=1S/C8H9ClN2O2/c1-6(4-9)5-11-3-2-7(10-11)8(12)13/h2-4H,5H2,1H3,(H,12,13)/b6-4-. The van der Waals surface area contributed by atoms with Gasteiger partial charge in [-0.05, 0) is 18.6 Å². The molecule has 0 aliphatic rings. The maximum Gasteiger partial charge on any atom is 0.356 e. The minimum absolute atomic E-state index is 0.0439. The minimum Gasteiger partial charge on any atom is -0.476 e. The highest BCUT2D eigenvalue weighted by Gasteiger charge is 2.05. The molecule has 13 heavy (non-hydrogen) atoms. The molecule has 0 amide bonds. The first-order chi connectivity index (χ1) is 6.13. The molecule has 0 aliphatic heterocycles. The number of hydrogen-bond acceptors (Lipinski definition) is 2. The summed E-state index contributed by atoms with van der Waals surface area (Å²) in [6.45, 7) is 2.35. The van der Waals surface area contributed by atoms with Crippen LogP contribution in [0, 0.1) is 0 Å². The van der Waals surface area contributed by atoms with Gasteiger partial charge in [-0.15, -0.1) is 0 Å². The molecule has 0 spiro atoms. The van der Waals surface area contributed by atoms with Crippen molar-refractivity contribution in [2.24, 2.45) is 0 Å². The van der Waals surface area contributed by atoms with Crippen LogP contribution in [0.2, 0.25) is 0 Å². The monoisotopic (exact) mass is 200 g/mol. The molecule has 0 aromatic carbocycles. The van der Waals surface area contributed by atoms with E-state index in [2.05, 4.69) is 5.10 Å². The summed E-state index contributed by atoms with van der Waals surface area (Å²) < 4.78 is 1.53. The average Bonchev–Trinajstić information content (AvgIpc) is 2.52. The van der Waals surface area contributed by atoms with E-state index in [1.54, 1.807) is 6.20 Å². The van der Waals surface area contributed by atoms with Crippen LogP contribution in [0.1, 0.15) is 17.4 Å². The summed E-state index contributed by atoms with van der Waals surface area (Å²) in [6.07, 6.45) is 1.60. The van der Waals surface area contributed by atoms with Crippen molar-refractivity contribution in [1.82, 2.24) is 9.78 Å². The van der Waals surface area contributed by atoms with Gasteiger partial charge in [-0.2, -0.15) is 5.10 Å². The lowest BCUT2D eigenvalue weighted by atomic mass is 10.3. The van der Waals surface area contributed by atoms with Crippen LogP contribution in [0.3, 0.4) is 0 Å². The summed E-state index contributed by atoms with van der Waals surface area (Å²) in [5.41, 5.74) is 2.41. The lowest BCUT2D eigenvalue weighted by molar-refractivity contribution is 0.0689. The van der Waals surface area contributed by atoms with E-state index in [0.717, 1.165) is 5.57 Å². The van der Waals surface area contributed by atoms with Crippen LogP contribution in [0.5, 0.6) is 0 Å². The number of aromatic carboxylic acids is 1. The van der Waals surface area contributed by atoms with Gasteiger partial charge >= 0.3 is 5.97 Å². The van der Waals surface area contributed by atoms with E-state index in [0.29, 0.717) is 6.54 Å². The van der Waals surface area contributed by atoms with Gasteiger partial charge in [0.2, 0.25) is 0 Å². The Kier molecular flexibility index (Phi) is 3.08. The third-order valence-electron chi connectivity index (χ3n) is 1.46. The number of nitrogens with zero attached hydrogens (tertiary/aromatic N) is 2. The van der Waals surface area contributed by atoms with Gasteiger partial charge in [-0.25, -0.2) is 4.79 Å². The third kappa shape index (κ3) is 2.59. The fourth-order valence-corrected chi connectivity index (χ4v) is 0.923. The number of aromatic nitrogens is 2. The number of hydrogen-bond donors (Lipinski definition) is 1. The highest BCUT2D eigenvalue weighted by molar-refractivity contribution is 6.25. The van der Waals surface area contributed by atoms with Gasteiger partial charge < -0.3 is 5.11 Å². The van der Waals surface area contributed by atoms with Crippen LogP contribution in [-0.4, -0.2) is 20.9 Å². The number of rotatable bonds is 3. The molecule has 1 aromatic rings. The van der Waals surface area contributed by atoms with Crippen molar-refractivity contribution < 1.29 is 9.90 Å². The Hall–Kier alpha value is -1.29. The van der Waals surface area contributed by atoms with Gasteiger partial charge in [0.1, 0.15) is 0 Å². The Morgan fingerprint density at radius 3 is 3.00 bits per heavy atom. The Labute approximate surface area is 80.4 Å². The molecule has 0 aliphatic carbocycles. The second-order valence-corrected chi connectivity index (χ2v) is 2.88. The largest absolute Gasteiger partial charge is 0.476 e. The molecular formula is C8H9ClN2O2. The molecule has 0 fully saturated rings. The van der Waals surface area contributed by atoms with Gasteiger partial charge in [0.05, 0.1) is 6.54 Å².